The van der Waals surface area contributed by atoms with Crippen LogP contribution in [-0.2, 0) is 4.74 Å². The molecule has 0 saturated heterocycles. The number of benzene rings is 1. The first-order chi connectivity index (χ1) is 8.15. The summed E-state index contributed by atoms with van der Waals surface area (Å²) >= 11 is 0. The number of phenols is 1. The SMILES string of the molecule is CCOC(=O)c1coc(=O)c2c(O)cccc12. The summed E-state index contributed by atoms with van der Waals surface area (Å²) in [6, 6.07) is 4.45. The zero-order chi connectivity index (χ0) is 12.4. The summed E-state index contributed by atoms with van der Waals surface area (Å²) < 4.78 is 9.54. The minimum atomic E-state index is -0.689. The molecule has 0 aliphatic carbocycles. The van der Waals surface area contributed by atoms with E-state index in [1.165, 1.54) is 6.07 Å². The number of aromatic hydroxyl groups is 1. The Kier molecular flexibility index (Phi) is 2.82. The molecule has 0 unspecified atom stereocenters. The molecule has 0 amide bonds. The topological polar surface area (TPSA) is 76.7 Å². The van der Waals surface area contributed by atoms with Crippen LogP contribution in [-0.4, -0.2) is 17.7 Å². The van der Waals surface area contributed by atoms with Crippen LogP contribution in [0.2, 0.25) is 0 Å². The monoisotopic (exact) mass is 234 g/mol. The van der Waals surface area contributed by atoms with Gasteiger partial charge in [0.25, 0.3) is 0 Å². The molecule has 5 nitrogen and oxygen atoms in total. The van der Waals surface area contributed by atoms with E-state index in [-0.39, 0.29) is 23.3 Å². The molecular formula is C12H10O5. The second kappa shape index (κ2) is 4.29. The number of phenolic OH excluding ortho intramolecular Hbond substituents is 1. The Morgan fingerprint density at radius 2 is 2.24 bits per heavy atom. The maximum Gasteiger partial charge on any atom is 0.347 e. The Morgan fingerprint density at radius 3 is 2.94 bits per heavy atom. The van der Waals surface area contributed by atoms with E-state index in [9.17, 15) is 14.7 Å². The number of hydrogen-bond donors (Lipinski definition) is 1. The Bertz CT molecular complexity index is 626. The normalized spacial score (nSPS) is 10.4. The smallest absolute Gasteiger partial charge is 0.347 e. The fourth-order valence-corrected chi connectivity index (χ4v) is 1.58. The third-order valence-corrected chi connectivity index (χ3v) is 2.32. The van der Waals surface area contributed by atoms with Gasteiger partial charge in [0.2, 0.25) is 0 Å². The van der Waals surface area contributed by atoms with Crippen molar-refractivity contribution < 1.29 is 19.1 Å². The molecule has 0 spiro atoms. The lowest BCUT2D eigenvalue weighted by atomic mass is 10.1. The molecule has 2 rings (SSSR count). The van der Waals surface area contributed by atoms with Crippen molar-refractivity contribution in [3.8, 4) is 5.75 Å². The zero-order valence-corrected chi connectivity index (χ0v) is 9.10. The first-order valence-corrected chi connectivity index (χ1v) is 5.05. The Hall–Kier alpha value is -2.30. The van der Waals surface area contributed by atoms with E-state index in [0.717, 1.165) is 6.26 Å². The standard InChI is InChI=1S/C12H10O5/c1-2-16-11(14)8-6-17-12(15)10-7(8)4-3-5-9(10)13/h3-6,13H,2H2,1H3. The molecule has 0 radical (unpaired) electrons. The highest BCUT2D eigenvalue weighted by Crippen LogP contribution is 2.24. The van der Waals surface area contributed by atoms with Gasteiger partial charge in [0.15, 0.2) is 0 Å². The number of carbonyl (C=O) groups excluding carboxylic acids is 1. The van der Waals surface area contributed by atoms with Crippen molar-refractivity contribution in [2.75, 3.05) is 6.61 Å². The molecule has 0 saturated carbocycles. The Balaban J connectivity index is 2.75. The molecule has 0 aliphatic rings. The lowest BCUT2D eigenvalue weighted by Gasteiger charge is -2.05. The van der Waals surface area contributed by atoms with Crippen LogP contribution in [0.3, 0.4) is 0 Å². The number of carbonyl (C=O) groups is 1. The number of hydrogen-bond acceptors (Lipinski definition) is 5. The van der Waals surface area contributed by atoms with Crippen LogP contribution in [0, 0.1) is 0 Å². The van der Waals surface area contributed by atoms with Gasteiger partial charge in [-0.3, -0.25) is 0 Å². The zero-order valence-electron chi connectivity index (χ0n) is 9.10. The van der Waals surface area contributed by atoms with Gasteiger partial charge in [-0.1, -0.05) is 12.1 Å². The summed E-state index contributed by atoms with van der Waals surface area (Å²) in [6.45, 7) is 1.90. The van der Waals surface area contributed by atoms with Crippen molar-refractivity contribution in [2.45, 2.75) is 6.92 Å². The van der Waals surface area contributed by atoms with E-state index < -0.39 is 11.6 Å². The predicted molar refractivity (Wildman–Crippen MR) is 60.1 cm³/mol. The predicted octanol–water partition coefficient (Wildman–Crippen LogP) is 1.68. The summed E-state index contributed by atoms with van der Waals surface area (Å²) in [6.07, 6.45) is 1.04. The number of esters is 1. The first-order valence-electron chi connectivity index (χ1n) is 5.05. The second-order valence-electron chi connectivity index (χ2n) is 3.36. The van der Waals surface area contributed by atoms with Crippen molar-refractivity contribution in [3.05, 3.63) is 40.4 Å². The second-order valence-corrected chi connectivity index (χ2v) is 3.36. The minimum Gasteiger partial charge on any atom is -0.507 e. The summed E-state index contributed by atoms with van der Waals surface area (Å²) in [4.78, 5) is 23.1. The van der Waals surface area contributed by atoms with Gasteiger partial charge < -0.3 is 14.3 Å². The molecule has 0 bridgehead atoms. The van der Waals surface area contributed by atoms with Crippen molar-refractivity contribution in [1.29, 1.82) is 0 Å². The average molecular weight is 234 g/mol. The fraction of sp³-hybridized carbons (Fsp3) is 0.167. The third kappa shape index (κ3) is 1.87. The molecule has 1 aromatic carbocycles. The Labute approximate surface area is 96.2 Å². The quantitative estimate of drug-likeness (QED) is 0.800. The van der Waals surface area contributed by atoms with Gasteiger partial charge in [-0.25, -0.2) is 9.59 Å². The van der Waals surface area contributed by atoms with Crippen LogP contribution in [0.4, 0.5) is 0 Å². The molecular weight excluding hydrogens is 224 g/mol. The van der Waals surface area contributed by atoms with E-state index in [0.29, 0.717) is 5.39 Å². The highest BCUT2D eigenvalue weighted by atomic mass is 16.5. The average Bonchev–Trinajstić information content (AvgIpc) is 2.29. The first kappa shape index (κ1) is 11.2. The van der Waals surface area contributed by atoms with Gasteiger partial charge in [-0.05, 0) is 13.0 Å². The van der Waals surface area contributed by atoms with Crippen molar-refractivity contribution in [3.63, 3.8) is 0 Å². The van der Waals surface area contributed by atoms with Crippen LogP contribution in [0.5, 0.6) is 5.75 Å². The van der Waals surface area contributed by atoms with E-state index in [4.69, 9.17) is 9.15 Å². The van der Waals surface area contributed by atoms with Gasteiger partial charge in [0.1, 0.15) is 23.0 Å². The molecule has 2 aromatic rings. The van der Waals surface area contributed by atoms with E-state index in [1.807, 2.05) is 0 Å². The number of ether oxygens (including phenoxy) is 1. The third-order valence-electron chi connectivity index (χ3n) is 2.32. The van der Waals surface area contributed by atoms with Crippen LogP contribution in [0.25, 0.3) is 10.8 Å². The van der Waals surface area contributed by atoms with Crippen molar-refractivity contribution in [1.82, 2.24) is 0 Å². The molecule has 1 heterocycles. The lowest BCUT2D eigenvalue weighted by molar-refractivity contribution is 0.0526. The van der Waals surface area contributed by atoms with Gasteiger partial charge >= 0.3 is 11.6 Å². The molecule has 1 N–H and O–H groups in total. The number of rotatable bonds is 2. The largest absolute Gasteiger partial charge is 0.507 e. The van der Waals surface area contributed by atoms with Gasteiger partial charge in [-0.15, -0.1) is 0 Å². The summed E-state index contributed by atoms with van der Waals surface area (Å²) in [7, 11) is 0. The minimum absolute atomic E-state index is 0.0157. The molecule has 0 aliphatic heterocycles. The molecule has 17 heavy (non-hydrogen) atoms. The molecule has 0 fully saturated rings. The van der Waals surface area contributed by atoms with Crippen LogP contribution < -0.4 is 5.63 Å². The van der Waals surface area contributed by atoms with E-state index >= 15 is 0 Å². The highest BCUT2D eigenvalue weighted by Gasteiger charge is 2.16. The van der Waals surface area contributed by atoms with Gasteiger partial charge in [0, 0.05) is 5.39 Å². The molecule has 5 heteroatoms. The highest BCUT2D eigenvalue weighted by molar-refractivity contribution is 6.05. The van der Waals surface area contributed by atoms with E-state index in [1.54, 1.807) is 19.1 Å². The molecule has 0 atom stereocenters. The van der Waals surface area contributed by atoms with Crippen molar-refractivity contribution in [2.24, 2.45) is 0 Å². The van der Waals surface area contributed by atoms with Gasteiger partial charge in [0.05, 0.1) is 6.61 Å². The van der Waals surface area contributed by atoms with Crippen LogP contribution >= 0.6 is 0 Å². The molecule has 88 valence electrons. The summed E-state index contributed by atoms with van der Waals surface area (Å²) in [5.74, 6) is -0.811. The van der Waals surface area contributed by atoms with Crippen LogP contribution in [0.1, 0.15) is 17.3 Å². The summed E-state index contributed by atoms with van der Waals surface area (Å²) in [5.41, 5.74) is -0.566. The van der Waals surface area contributed by atoms with Gasteiger partial charge in [-0.2, -0.15) is 0 Å². The summed E-state index contributed by atoms with van der Waals surface area (Å²) in [5, 5.41) is 9.88. The van der Waals surface area contributed by atoms with Crippen LogP contribution in [0.15, 0.2) is 33.7 Å². The fourth-order valence-electron chi connectivity index (χ4n) is 1.58. The lowest BCUT2D eigenvalue weighted by Crippen LogP contribution is -2.09. The van der Waals surface area contributed by atoms with E-state index in [2.05, 4.69) is 0 Å². The molecule has 1 aromatic heterocycles. The maximum absolute atomic E-state index is 11.6. The maximum atomic E-state index is 11.6. The Morgan fingerprint density at radius 1 is 1.47 bits per heavy atom. The van der Waals surface area contributed by atoms with Crippen molar-refractivity contribution >= 4 is 16.7 Å². The number of fused-ring (bicyclic) bond motifs is 1.